The molecular formula is C73H87N7O16. The summed E-state index contributed by atoms with van der Waals surface area (Å²) in [5.41, 5.74) is 11.2. The summed E-state index contributed by atoms with van der Waals surface area (Å²) in [4.78, 5) is 109. The molecule has 0 aromatic heterocycles. The first kappa shape index (κ1) is 70.7. The van der Waals surface area contributed by atoms with Crippen LogP contribution in [0.25, 0.3) is 22.3 Å². The minimum atomic E-state index is -1.86. The molecule has 7 amide bonds. The predicted molar refractivity (Wildman–Crippen MR) is 360 cm³/mol. The molecule has 9 rings (SSSR count). The zero-order valence-electron chi connectivity index (χ0n) is 55.9. The molecule has 23 heteroatoms. The fourth-order valence-electron chi connectivity index (χ4n) is 12.8. The van der Waals surface area contributed by atoms with Gasteiger partial charge in [-0.1, -0.05) is 131 Å². The molecule has 0 saturated carbocycles. The highest BCUT2D eigenvalue weighted by molar-refractivity contribution is 6.00. The Labute approximate surface area is 559 Å². The Morgan fingerprint density at radius 2 is 1.51 bits per heavy atom. The number of hydrogen-bond donors (Lipinski definition) is 7. The monoisotopic (exact) mass is 1320 g/mol. The molecule has 9 atom stereocenters. The van der Waals surface area contributed by atoms with Gasteiger partial charge in [-0.3, -0.25) is 29.8 Å². The van der Waals surface area contributed by atoms with Crippen LogP contribution in [0.5, 0.6) is 5.75 Å². The smallest absolute Gasteiger partial charge is 0.411 e. The molecular weight excluding hydrogens is 1230 g/mol. The van der Waals surface area contributed by atoms with Crippen LogP contribution in [-0.2, 0) is 60.6 Å². The molecule has 3 heterocycles. The second kappa shape index (κ2) is 30.9. The van der Waals surface area contributed by atoms with Gasteiger partial charge in [0, 0.05) is 68.2 Å². The fraction of sp³-hybridized carbons (Fsp3) is 0.425. The van der Waals surface area contributed by atoms with E-state index in [1.807, 2.05) is 80.6 Å². The molecule has 2 saturated heterocycles. The number of allylic oxidation sites excluding steroid dienone is 3. The van der Waals surface area contributed by atoms with E-state index >= 15 is 0 Å². The van der Waals surface area contributed by atoms with Gasteiger partial charge in [0.05, 0.1) is 37.3 Å². The number of rotatable bonds is 21. The number of ketones is 1. The second-order valence-electron chi connectivity index (χ2n) is 25.9. The summed E-state index contributed by atoms with van der Waals surface area (Å²) in [6, 6.07) is 31.5. The molecule has 3 aliphatic heterocycles. The summed E-state index contributed by atoms with van der Waals surface area (Å²) in [6.07, 6.45) is -0.329. The zero-order chi connectivity index (χ0) is 69.2. The Hall–Kier alpha value is -9.58. The maximum Gasteiger partial charge on any atom is 0.411 e. The first-order valence-electron chi connectivity index (χ1n) is 32.3. The summed E-state index contributed by atoms with van der Waals surface area (Å²) in [7, 11) is 4.58. The van der Waals surface area contributed by atoms with Crippen molar-refractivity contribution in [2.75, 3.05) is 50.0 Å². The second-order valence-corrected chi connectivity index (χ2v) is 25.9. The third kappa shape index (κ3) is 16.9. The normalized spacial score (nSPS) is 23.0. The highest BCUT2D eigenvalue weighted by atomic mass is 16.7. The Balaban J connectivity index is 0.851. The maximum absolute atomic E-state index is 14.8. The van der Waals surface area contributed by atoms with Gasteiger partial charge in [-0.05, 0) is 114 Å². The van der Waals surface area contributed by atoms with Crippen molar-refractivity contribution in [2.24, 2.45) is 29.4 Å². The van der Waals surface area contributed by atoms with Crippen molar-refractivity contribution in [1.29, 1.82) is 0 Å². The van der Waals surface area contributed by atoms with Gasteiger partial charge >= 0.3 is 30.3 Å². The maximum atomic E-state index is 14.8. The zero-order valence-corrected chi connectivity index (χ0v) is 55.9. The molecule has 1 aliphatic carbocycles. The Morgan fingerprint density at radius 3 is 2.15 bits per heavy atom. The molecule has 5 aromatic carbocycles. The minimum Gasteiger partial charge on any atom is -0.496 e. The van der Waals surface area contributed by atoms with Crippen molar-refractivity contribution >= 4 is 64.9 Å². The lowest BCUT2D eigenvalue weighted by molar-refractivity contribution is -0.157. The fourth-order valence-corrected chi connectivity index (χ4v) is 12.8. The van der Waals surface area contributed by atoms with E-state index in [1.165, 1.54) is 19.1 Å². The van der Waals surface area contributed by atoms with Crippen LogP contribution in [0.4, 0.5) is 36.2 Å². The molecule has 4 aliphatic rings. The molecule has 23 nitrogen and oxygen atoms in total. The van der Waals surface area contributed by atoms with Gasteiger partial charge in [-0.2, -0.15) is 0 Å². The van der Waals surface area contributed by atoms with Crippen LogP contribution in [0.1, 0.15) is 109 Å². The van der Waals surface area contributed by atoms with Gasteiger partial charge in [-0.15, -0.1) is 0 Å². The number of nitrogens with two attached hydrogens (primary N) is 1. The lowest BCUT2D eigenvalue weighted by atomic mass is 9.83. The molecule has 4 bridgehead atoms. The molecule has 2 fully saturated rings. The summed E-state index contributed by atoms with van der Waals surface area (Å²) >= 11 is 0. The van der Waals surface area contributed by atoms with Gasteiger partial charge in [0.1, 0.15) is 42.9 Å². The van der Waals surface area contributed by atoms with E-state index in [1.54, 1.807) is 102 Å². The van der Waals surface area contributed by atoms with E-state index < -0.39 is 102 Å². The van der Waals surface area contributed by atoms with Crippen LogP contribution in [0.2, 0.25) is 0 Å². The number of aliphatic hydroxyl groups is 1. The van der Waals surface area contributed by atoms with E-state index in [0.717, 1.165) is 33.4 Å². The number of alkyl carbamates (subject to hydrolysis) is 2. The summed E-state index contributed by atoms with van der Waals surface area (Å²) < 4.78 is 41.3. The molecule has 8 N–H and O–H groups in total. The average molecular weight is 1320 g/mol. The van der Waals surface area contributed by atoms with E-state index in [0.29, 0.717) is 52.3 Å². The topological polar surface area (TPSA) is 314 Å². The largest absolute Gasteiger partial charge is 0.496 e. The van der Waals surface area contributed by atoms with Gasteiger partial charge in [-0.25, -0.2) is 19.2 Å². The number of benzene rings is 5. The Kier molecular flexibility index (Phi) is 22.7. The van der Waals surface area contributed by atoms with Crippen molar-refractivity contribution in [3.63, 3.8) is 0 Å². The number of carbonyl (C=O) groups excluding carboxylic acids is 8. The van der Waals surface area contributed by atoms with E-state index in [-0.39, 0.29) is 63.1 Å². The number of fused-ring (bicyclic) bond motifs is 8. The summed E-state index contributed by atoms with van der Waals surface area (Å²) in [5.74, 6) is -3.81. The van der Waals surface area contributed by atoms with Crippen molar-refractivity contribution in [2.45, 2.75) is 141 Å². The number of nitrogens with one attached hydrogen (secondary N) is 5. The summed E-state index contributed by atoms with van der Waals surface area (Å²) in [5, 5.41) is 25.4. The molecule has 96 heavy (non-hydrogen) atoms. The predicted octanol–water partition coefficient (Wildman–Crippen LogP) is 10.6. The number of amides is 7. The van der Waals surface area contributed by atoms with E-state index in [9.17, 15) is 43.5 Å². The highest BCUT2D eigenvalue weighted by Crippen LogP contribution is 2.50. The average Bonchev–Trinajstić information content (AvgIpc) is 1.55. The van der Waals surface area contributed by atoms with Crippen LogP contribution < -0.4 is 42.0 Å². The van der Waals surface area contributed by atoms with Crippen LogP contribution in [0, 0.1) is 23.7 Å². The minimum absolute atomic E-state index is 0.0575. The number of urea groups is 1. The van der Waals surface area contributed by atoms with Gasteiger partial charge in [0.15, 0.2) is 11.5 Å². The van der Waals surface area contributed by atoms with Crippen molar-refractivity contribution in [3.05, 3.63) is 155 Å². The lowest BCUT2D eigenvalue weighted by Gasteiger charge is -2.42. The number of epoxide rings is 1. The Morgan fingerprint density at radius 1 is 0.854 bits per heavy atom. The lowest BCUT2D eigenvalue weighted by Crippen LogP contribution is -2.63. The van der Waals surface area contributed by atoms with Crippen molar-refractivity contribution in [1.82, 2.24) is 16.0 Å². The van der Waals surface area contributed by atoms with Crippen molar-refractivity contribution < 1.29 is 76.6 Å². The number of hydrogen-bond acceptors (Lipinski definition) is 16. The number of methoxy groups -OCH3 is 2. The molecule has 0 radical (unpaired) electrons. The number of primary amides is 1. The number of nitrogens with zero attached hydrogens (tertiary/aromatic N) is 1. The van der Waals surface area contributed by atoms with E-state index in [2.05, 4.69) is 26.6 Å². The SMILES string of the molecule is COc1cc2cc(c1-c1ccc(NC(=O)OCc3ccc(NC(=O)[C@H](CCCNC(N)=O)CC(=O)[C@@H](NC(=O)OCC4c5ccccc5-c5ccccc54)C(C)C)cc3)cc1)N(C)C(=O)C[C@H](OC(=O)C(C)C)[C@]1(C)O[C@H]1[C@H](C)[C@@H]1C[C@@](O)(NC(=O)O1)[C@H](OC)/C=C/C=C(\C)C2. The molecule has 510 valence electrons. The van der Waals surface area contributed by atoms with Crippen LogP contribution >= 0.6 is 0 Å². The van der Waals surface area contributed by atoms with Gasteiger partial charge < -0.3 is 64.8 Å². The third-order valence-electron chi connectivity index (χ3n) is 18.2. The van der Waals surface area contributed by atoms with Crippen LogP contribution in [0.15, 0.2) is 133 Å². The number of ether oxygens (including phenoxy) is 7. The van der Waals surface area contributed by atoms with Gasteiger partial charge in [0.25, 0.3) is 0 Å². The number of anilines is 3. The van der Waals surface area contributed by atoms with Crippen LogP contribution in [-0.4, -0.2) is 129 Å². The quantitative estimate of drug-likeness (QED) is 0.0155. The van der Waals surface area contributed by atoms with Gasteiger partial charge in [0.2, 0.25) is 11.8 Å². The molecule has 5 aromatic rings. The van der Waals surface area contributed by atoms with Crippen LogP contribution in [0.3, 0.4) is 0 Å². The van der Waals surface area contributed by atoms with E-state index in [4.69, 9.17) is 38.9 Å². The Bertz CT molecular complexity index is 3710. The number of carbonyl (C=O) groups is 8. The summed E-state index contributed by atoms with van der Waals surface area (Å²) in [6.45, 7) is 12.5. The third-order valence-corrected chi connectivity index (χ3v) is 18.2. The van der Waals surface area contributed by atoms with Crippen molar-refractivity contribution in [3.8, 4) is 28.0 Å². The highest BCUT2D eigenvalue weighted by Gasteiger charge is 2.64. The molecule has 0 spiro atoms. The standard InChI is InChI=1S/C73H87N7O16/c1-41(2)64(78-70(87)93-40-55-53-21-13-11-19-51(53)52-20-12-14-22-54(52)55)57(81)36-48(18-16-32-75-68(74)85)66(83)76-49-28-24-45(25-29-49)39-92-69(86)77-50-30-26-47(27-31-50)63-56-34-46(35-58(63)90-9)33-43(5)17-15-23-60(91-10)73(89)38-59(94-71(88)79-73)44(6)65-72(7,96-65)61(37-62(82)80(56)8)95-67(84)42(3)4/h11-15,17,19-31,34-35,41-42,44,48,55,59-61,64-65,89H,16,18,32-33,36-40H2,1-10H3,(H,76,83)(H,77,86)(H,78,87)(H,79,88)(H3,74,75,85)/b23-15+,43-17+/t44-,48-,59+,60-,61+,64+,65+,72+,73+/m1/s1. The molecule has 0 unspecified atom stereocenters. The first-order valence-corrected chi connectivity index (χ1v) is 32.3. The number of esters is 1. The first-order chi connectivity index (χ1) is 45.8. The number of Topliss-reactive ketones (excluding diaryl/α,β-unsaturated/α-hetero) is 1.